The van der Waals surface area contributed by atoms with E-state index < -0.39 is 12.3 Å². The molecule has 2 amide bonds. The van der Waals surface area contributed by atoms with Crippen LogP contribution in [-0.2, 0) is 9.59 Å². The van der Waals surface area contributed by atoms with Gasteiger partial charge < -0.3 is 15.4 Å². The number of halogens is 3. The predicted molar refractivity (Wildman–Crippen MR) is 68.7 cm³/mol. The van der Waals surface area contributed by atoms with E-state index in [-0.39, 0.29) is 24.7 Å². The lowest BCUT2D eigenvalue weighted by atomic mass is 10.3. The van der Waals surface area contributed by atoms with Gasteiger partial charge in [0.05, 0.1) is 13.1 Å². The number of alkyl halides is 3. The number of anilines is 1. The fourth-order valence-electron chi connectivity index (χ4n) is 1.32. The maximum absolute atomic E-state index is 12.0. The van der Waals surface area contributed by atoms with Crippen LogP contribution in [-0.4, -0.2) is 38.3 Å². The topological polar surface area (TPSA) is 79.5 Å². The van der Waals surface area contributed by atoms with Crippen LogP contribution in [0, 0.1) is 0 Å². The average Bonchev–Trinajstić information content (AvgIpc) is 2.39. The van der Waals surface area contributed by atoms with E-state index in [4.69, 9.17) is 0 Å². The molecule has 0 bridgehead atoms. The average molecular weight is 305 g/mol. The monoisotopic (exact) mass is 305 g/mol. The third kappa shape index (κ3) is 7.16. The summed E-state index contributed by atoms with van der Waals surface area (Å²) in [6, 6.07) is 4.72. The van der Waals surface area contributed by atoms with Gasteiger partial charge in [-0.1, -0.05) is 0 Å². The number of rotatable bonds is 6. The molecule has 6 nitrogen and oxygen atoms in total. The minimum atomic E-state index is -4.76. The number of benzene rings is 1. The summed E-state index contributed by atoms with van der Waals surface area (Å²) < 4.78 is 39.6. The number of likely N-dealkylation sites (N-methyl/N-ethyl adjacent to an activating group) is 1. The second kappa shape index (κ2) is 7.48. The van der Waals surface area contributed by atoms with Crippen molar-refractivity contribution in [2.75, 3.05) is 25.5 Å². The normalized spacial score (nSPS) is 10.9. The van der Waals surface area contributed by atoms with E-state index in [0.717, 1.165) is 12.1 Å². The van der Waals surface area contributed by atoms with E-state index in [1.54, 1.807) is 0 Å². The zero-order chi connectivity index (χ0) is 15.9. The molecular formula is C12H14F3N3O3. The molecule has 9 heteroatoms. The Morgan fingerprint density at radius 1 is 1.10 bits per heavy atom. The van der Waals surface area contributed by atoms with Gasteiger partial charge in [0.25, 0.3) is 0 Å². The van der Waals surface area contributed by atoms with Crippen molar-refractivity contribution in [2.45, 2.75) is 6.36 Å². The molecule has 0 heterocycles. The van der Waals surface area contributed by atoms with Crippen molar-refractivity contribution in [1.29, 1.82) is 0 Å². The van der Waals surface area contributed by atoms with Crippen LogP contribution in [0.3, 0.4) is 0 Å². The summed E-state index contributed by atoms with van der Waals surface area (Å²) in [5.41, 5.74) is 0.316. The van der Waals surface area contributed by atoms with Crippen LogP contribution in [0.4, 0.5) is 18.9 Å². The summed E-state index contributed by atoms with van der Waals surface area (Å²) >= 11 is 0. The molecule has 116 valence electrons. The lowest BCUT2D eigenvalue weighted by Gasteiger charge is -2.10. The highest BCUT2D eigenvalue weighted by Gasteiger charge is 2.30. The number of amides is 2. The van der Waals surface area contributed by atoms with Crippen molar-refractivity contribution in [3.05, 3.63) is 24.3 Å². The van der Waals surface area contributed by atoms with Crippen LogP contribution in [0.25, 0.3) is 0 Å². The summed E-state index contributed by atoms with van der Waals surface area (Å²) in [5, 5.41) is 7.43. The molecule has 1 aromatic carbocycles. The summed E-state index contributed by atoms with van der Waals surface area (Å²) in [7, 11) is 1.47. The lowest BCUT2D eigenvalue weighted by Crippen LogP contribution is -2.36. The van der Waals surface area contributed by atoms with Gasteiger partial charge in [0, 0.05) is 12.7 Å². The Labute approximate surface area is 118 Å². The number of carbonyl (C=O) groups is 2. The molecule has 0 saturated heterocycles. The molecule has 0 aromatic heterocycles. The Balaban J connectivity index is 2.41. The second-order valence-corrected chi connectivity index (χ2v) is 3.90. The summed E-state index contributed by atoms with van der Waals surface area (Å²) in [6.07, 6.45) is -4.76. The standard InChI is InChI=1S/C12H14F3N3O3/c1-16-10(19)6-17-7-11(20)18-8-2-4-9(5-3-8)21-12(13,14)15/h2-5,17H,6-7H2,1H3,(H,16,19)(H,18,20). The third-order valence-corrected chi connectivity index (χ3v) is 2.22. The number of hydrogen-bond acceptors (Lipinski definition) is 4. The summed E-state index contributed by atoms with van der Waals surface area (Å²) in [4.78, 5) is 22.4. The van der Waals surface area contributed by atoms with E-state index in [0.29, 0.717) is 5.69 Å². The molecule has 0 spiro atoms. The Morgan fingerprint density at radius 2 is 1.67 bits per heavy atom. The fraction of sp³-hybridized carbons (Fsp3) is 0.333. The lowest BCUT2D eigenvalue weighted by molar-refractivity contribution is -0.274. The number of carbonyl (C=O) groups excluding carboxylic acids is 2. The van der Waals surface area contributed by atoms with E-state index in [2.05, 4.69) is 20.7 Å². The highest BCUT2D eigenvalue weighted by Crippen LogP contribution is 2.23. The van der Waals surface area contributed by atoms with Gasteiger partial charge in [-0.15, -0.1) is 13.2 Å². The third-order valence-electron chi connectivity index (χ3n) is 2.22. The smallest absolute Gasteiger partial charge is 0.406 e. The molecule has 0 aliphatic rings. The van der Waals surface area contributed by atoms with Gasteiger partial charge in [-0.25, -0.2) is 0 Å². The number of nitrogens with one attached hydrogen (secondary N) is 3. The van der Waals surface area contributed by atoms with Gasteiger partial charge in [0.15, 0.2) is 0 Å². The largest absolute Gasteiger partial charge is 0.573 e. The van der Waals surface area contributed by atoms with Crippen LogP contribution >= 0.6 is 0 Å². The van der Waals surface area contributed by atoms with Gasteiger partial charge in [0.2, 0.25) is 11.8 Å². The molecule has 0 fully saturated rings. The van der Waals surface area contributed by atoms with Gasteiger partial charge in [0.1, 0.15) is 5.75 Å². The van der Waals surface area contributed by atoms with E-state index in [1.807, 2.05) is 0 Å². The molecule has 0 aliphatic heterocycles. The fourth-order valence-corrected chi connectivity index (χ4v) is 1.32. The zero-order valence-corrected chi connectivity index (χ0v) is 11.1. The van der Waals surface area contributed by atoms with E-state index >= 15 is 0 Å². The molecule has 0 radical (unpaired) electrons. The van der Waals surface area contributed by atoms with Crippen molar-refractivity contribution >= 4 is 17.5 Å². The van der Waals surface area contributed by atoms with Crippen molar-refractivity contribution in [3.63, 3.8) is 0 Å². The first kappa shape index (κ1) is 16.8. The van der Waals surface area contributed by atoms with E-state index in [1.165, 1.54) is 19.2 Å². The molecule has 0 saturated carbocycles. The molecule has 0 unspecified atom stereocenters. The quantitative estimate of drug-likeness (QED) is 0.728. The second-order valence-electron chi connectivity index (χ2n) is 3.90. The van der Waals surface area contributed by atoms with Gasteiger partial charge in [-0.2, -0.15) is 0 Å². The van der Waals surface area contributed by atoms with Crippen molar-refractivity contribution < 1.29 is 27.5 Å². The maximum Gasteiger partial charge on any atom is 0.573 e. The van der Waals surface area contributed by atoms with Crippen LogP contribution < -0.4 is 20.7 Å². The number of hydrogen-bond donors (Lipinski definition) is 3. The molecule has 21 heavy (non-hydrogen) atoms. The predicted octanol–water partition coefficient (Wildman–Crippen LogP) is 0.859. The molecular weight excluding hydrogens is 291 g/mol. The highest BCUT2D eigenvalue weighted by atomic mass is 19.4. The van der Waals surface area contributed by atoms with Gasteiger partial charge in [-0.3, -0.25) is 14.9 Å². The van der Waals surface area contributed by atoms with Crippen molar-refractivity contribution in [3.8, 4) is 5.75 Å². The SMILES string of the molecule is CNC(=O)CNCC(=O)Nc1ccc(OC(F)(F)F)cc1. The van der Waals surface area contributed by atoms with Crippen LogP contribution in [0.5, 0.6) is 5.75 Å². The summed E-state index contributed by atoms with van der Waals surface area (Å²) in [5.74, 6) is -1.07. The highest BCUT2D eigenvalue weighted by molar-refractivity contribution is 5.92. The first-order valence-corrected chi connectivity index (χ1v) is 5.87. The summed E-state index contributed by atoms with van der Waals surface area (Å²) in [6.45, 7) is -0.115. The van der Waals surface area contributed by atoms with Crippen LogP contribution in [0.1, 0.15) is 0 Å². The maximum atomic E-state index is 12.0. The minimum Gasteiger partial charge on any atom is -0.406 e. The minimum absolute atomic E-state index is 0.0116. The van der Waals surface area contributed by atoms with E-state index in [9.17, 15) is 22.8 Å². The Morgan fingerprint density at radius 3 is 2.19 bits per heavy atom. The number of ether oxygens (including phenoxy) is 1. The molecule has 1 rings (SSSR count). The first-order chi connectivity index (χ1) is 9.80. The van der Waals surface area contributed by atoms with Crippen LogP contribution in [0.15, 0.2) is 24.3 Å². The molecule has 0 aliphatic carbocycles. The van der Waals surface area contributed by atoms with Crippen LogP contribution in [0.2, 0.25) is 0 Å². The molecule has 0 atom stereocenters. The molecule has 1 aromatic rings. The van der Waals surface area contributed by atoms with Gasteiger partial charge in [-0.05, 0) is 24.3 Å². The Bertz CT molecular complexity index is 489. The van der Waals surface area contributed by atoms with Crippen molar-refractivity contribution in [1.82, 2.24) is 10.6 Å². The van der Waals surface area contributed by atoms with Crippen molar-refractivity contribution in [2.24, 2.45) is 0 Å². The Hall–Kier alpha value is -2.29. The first-order valence-electron chi connectivity index (χ1n) is 5.87. The van der Waals surface area contributed by atoms with Gasteiger partial charge >= 0.3 is 6.36 Å². The Kier molecular flexibility index (Phi) is 5.97. The molecule has 3 N–H and O–H groups in total. The zero-order valence-electron chi connectivity index (χ0n) is 11.1.